The molecule has 1 aromatic heterocycles. The second-order valence-corrected chi connectivity index (χ2v) is 7.16. The lowest BCUT2D eigenvalue weighted by Gasteiger charge is -2.12. The van der Waals surface area contributed by atoms with Gasteiger partial charge in [-0.25, -0.2) is 0 Å². The Labute approximate surface area is 183 Å². The number of amides is 3. The van der Waals surface area contributed by atoms with E-state index in [1.54, 1.807) is 48.5 Å². The molecule has 160 valence electrons. The Morgan fingerprint density at radius 3 is 2.16 bits per heavy atom. The van der Waals surface area contributed by atoms with Crippen LogP contribution < -0.4 is 25.6 Å². The number of hydrazine groups is 1. The summed E-state index contributed by atoms with van der Waals surface area (Å²) >= 11 is 1.34. The van der Waals surface area contributed by atoms with Crippen molar-refractivity contribution < 1.29 is 23.9 Å². The number of hydrogen-bond donors (Lipinski definition) is 3. The summed E-state index contributed by atoms with van der Waals surface area (Å²) in [5, 5.41) is 4.57. The number of carbonyl (C=O) groups is 3. The summed E-state index contributed by atoms with van der Waals surface area (Å²) in [6, 6.07) is 14.6. The quantitative estimate of drug-likeness (QED) is 0.489. The molecule has 0 saturated heterocycles. The maximum atomic E-state index is 12.3. The van der Waals surface area contributed by atoms with Gasteiger partial charge in [0.15, 0.2) is 11.5 Å². The molecular weight excluding hydrogens is 418 g/mol. The first-order chi connectivity index (χ1) is 15.0. The Morgan fingerprint density at radius 1 is 0.871 bits per heavy atom. The molecule has 0 bridgehead atoms. The van der Waals surface area contributed by atoms with Gasteiger partial charge in [-0.1, -0.05) is 6.07 Å². The number of nitrogens with one attached hydrogen (secondary N) is 3. The molecule has 0 aliphatic heterocycles. The molecule has 0 atom stereocenters. The largest absolute Gasteiger partial charge is 0.493 e. The second kappa shape index (κ2) is 10.3. The van der Waals surface area contributed by atoms with Crippen LogP contribution in [0.25, 0.3) is 0 Å². The van der Waals surface area contributed by atoms with Gasteiger partial charge in [-0.05, 0) is 60.8 Å². The molecule has 3 amide bonds. The highest BCUT2D eigenvalue weighted by molar-refractivity contribution is 7.12. The molecule has 9 heteroatoms. The van der Waals surface area contributed by atoms with Gasteiger partial charge in [0.2, 0.25) is 0 Å². The summed E-state index contributed by atoms with van der Waals surface area (Å²) < 4.78 is 10.6. The van der Waals surface area contributed by atoms with Crippen LogP contribution in [0.15, 0.2) is 60.0 Å². The van der Waals surface area contributed by atoms with Crippen molar-refractivity contribution in [2.45, 2.75) is 6.92 Å². The number of benzene rings is 2. The topological polar surface area (TPSA) is 106 Å². The van der Waals surface area contributed by atoms with Crippen LogP contribution in [0.5, 0.6) is 11.5 Å². The molecule has 0 aliphatic rings. The second-order valence-electron chi connectivity index (χ2n) is 6.22. The summed E-state index contributed by atoms with van der Waals surface area (Å²) in [4.78, 5) is 37.3. The van der Waals surface area contributed by atoms with Gasteiger partial charge in [0.05, 0.1) is 18.6 Å². The van der Waals surface area contributed by atoms with Crippen molar-refractivity contribution in [3.8, 4) is 11.5 Å². The normalized spacial score (nSPS) is 10.1. The van der Waals surface area contributed by atoms with Gasteiger partial charge in [0.25, 0.3) is 17.7 Å². The standard InChI is InChI=1S/C22H21N3O5S/c1-3-30-17-11-8-15(13-18(17)29-2)21(27)25-24-20(26)14-6-9-16(10-7-14)23-22(28)19-5-4-12-31-19/h4-13H,3H2,1-2H3,(H,23,28)(H,24,26)(H,25,27). The van der Waals surface area contributed by atoms with Crippen LogP contribution in [-0.4, -0.2) is 31.4 Å². The molecule has 2 aromatic carbocycles. The molecule has 3 rings (SSSR count). The van der Waals surface area contributed by atoms with E-state index in [1.807, 2.05) is 12.3 Å². The van der Waals surface area contributed by atoms with E-state index in [1.165, 1.54) is 24.5 Å². The number of rotatable bonds is 7. The minimum atomic E-state index is -0.505. The average molecular weight is 439 g/mol. The monoisotopic (exact) mass is 439 g/mol. The third kappa shape index (κ3) is 5.61. The maximum absolute atomic E-state index is 12.3. The maximum Gasteiger partial charge on any atom is 0.269 e. The Morgan fingerprint density at radius 2 is 1.55 bits per heavy atom. The number of ether oxygens (including phenoxy) is 2. The van der Waals surface area contributed by atoms with Gasteiger partial charge in [-0.2, -0.15) is 0 Å². The predicted molar refractivity (Wildman–Crippen MR) is 118 cm³/mol. The number of methoxy groups -OCH3 is 1. The van der Waals surface area contributed by atoms with Crippen molar-refractivity contribution in [3.63, 3.8) is 0 Å². The molecular formula is C22H21N3O5S. The van der Waals surface area contributed by atoms with Crippen LogP contribution >= 0.6 is 11.3 Å². The van der Waals surface area contributed by atoms with Crippen molar-refractivity contribution in [3.05, 3.63) is 76.0 Å². The minimum absolute atomic E-state index is 0.217. The fourth-order valence-electron chi connectivity index (χ4n) is 2.65. The zero-order valence-corrected chi connectivity index (χ0v) is 17.7. The van der Waals surface area contributed by atoms with Crippen molar-refractivity contribution in [2.24, 2.45) is 0 Å². The van der Waals surface area contributed by atoms with E-state index in [0.717, 1.165) is 0 Å². The molecule has 0 spiro atoms. The molecule has 3 aromatic rings. The van der Waals surface area contributed by atoms with E-state index >= 15 is 0 Å². The van der Waals surface area contributed by atoms with E-state index in [2.05, 4.69) is 16.2 Å². The van der Waals surface area contributed by atoms with Crippen LogP contribution in [0.3, 0.4) is 0 Å². The third-order valence-electron chi connectivity index (χ3n) is 4.17. The molecule has 0 aliphatic carbocycles. The first kappa shape index (κ1) is 21.8. The lowest BCUT2D eigenvalue weighted by Crippen LogP contribution is -2.41. The van der Waals surface area contributed by atoms with Gasteiger partial charge in [-0.3, -0.25) is 25.2 Å². The van der Waals surface area contributed by atoms with E-state index in [0.29, 0.717) is 39.8 Å². The Bertz CT molecular complexity index is 1070. The molecule has 0 fully saturated rings. The minimum Gasteiger partial charge on any atom is -0.493 e. The van der Waals surface area contributed by atoms with E-state index in [4.69, 9.17) is 9.47 Å². The highest BCUT2D eigenvalue weighted by atomic mass is 32.1. The lowest BCUT2D eigenvalue weighted by atomic mass is 10.2. The summed E-state index contributed by atoms with van der Waals surface area (Å²) in [5.74, 6) is -0.278. The average Bonchev–Trinajstić information content (AvgIpc) is 3.33. The number of hydrogen-bond acceptors (Lipinski definition) is 6. The SMILES string of the molecule is CCOc1ccc(C(=O)NNC(=O)c2ccc(NC(=O)c3cccs3)cc2)cc1OC. The fourth-order valence-corrected chi connectivity index (χ4v) is 3.27. The zero-order valence-electron chi connectivity index (χ0n) is 16.9. The van der Waals surface area contributed by atoms with Crippen LogP contribution in [0.1, 0.15) is 37.3 Å². The van der Waals surface area contributed by atoms with E-state index < -0.39 is 11.8 Å². The Hall–Kier alpha value is -3.85. The summed E-state index contributed by atoms with van der Waals surface area (Å²) in [7, 11) is 1.48. The van der Waals surface area contributed by atoms with Crippen LogP contribution in [-0.2, 0) is 0 Å². The van der Waals surface area contributed by atoms with E-state index in [-0.39, 0.29) is 5.91 Å². The molecule has 0 unspecified atom stereocenters. The van der Waals surface area contributed by atoms with Crippen LogP contribution in [0.2, 0.25) is 0 Å². The summed E-state index contributed by atoms with van der Waals surface area (Å²) in [6.07, 6.45) is 0. The molecule has 31 heavy (non-hydrogen) atoms. The van der Waals surface area contributed by atoms with Crippen LogP contribution in [0.4, 0.5) is 5.69 Å². The van der Waals surface area contributed by atoms with Crippen molar-refractivity contribution >= 4 is 34.7 Å². The number of anilines is 1. The summed E-state index contributed by atoms with van der Waals surface area (Å²) in [6.45, 7) is 2.31. The van der Waals surface area contributed by atoms with Crippen molar-refractivity contribution in [1.82, 2.24) is 10.9 Å². The van der Waals surface area contributed by atoms with E-state index in [9.17, 15) is 14.4 Å². The third-order valence-corrected chi connectivity index (χ3v) is 5.03. The van der Waals surface area contributed by atoms with Gasteiger partial charge in [0, 0.05) is 16.8 Å². The fraction of sp³-hybridized carbons (Fsp3) is 0.136. The first-order valence-electron chi connectivity index (χ1n) is 9.38. The molecule has 3 N–H and O–H groups in total. The molecule has 0 radical (unpaired) electrons. The first-order valence-corrected chi connectivity index (χ1v) is 10.3. The van der Waals surface area contributed by atoms with Gasteiger partial charge in [-0.15, -0.1) is 11.3 Å². The summed E-state index contributed by atoms with van der Waals surface area (Å²) in [5.41, 5.74) is 5.90. The molecule has 1 heterocycles. The zero-order chi connectivity index (χ0) is 22.2. The Kier molecular flexibility index (Phi) is 7.23. The van der Waals surface area contributed by atoms with Gasteiger partial charge < -0.3 is 14.8 Å². The Balaban J connectivity index is 1.56. The molecule has 8 nitrogen and oxygen atoms in total. The van der Waals surface area contributed by atoms with Crippen molar-refractivity contribution in [1.29, 1.82) is 0 Å². The lowest BCUT2D eigenvalue weighted by molar-refractivity contribution is 0.0846. The smallest absolute Gasteiger partial charge is 0.269 e. The predicted octanol–water partition coefficient (Wildman–Crippen LogP) is 3.48. The van der Waals surface area contributed by atoms with Crippen LogP contribution in [0, 0.1) is 0 Å². The number of carbonyl (C=O) groups excluding carboxylic acids is 3. The van der Waals surface area contributed by atoms with Gasteiger partial charge >= 0.3 is 0 Å². The number of thiophene rings is 1. The highest BCUT2D eigenvalue weighted by Gasteiger charge is 2.13. The molecule has 0 saturated carbocycles. The highest BCUT2D eigenvalue weighted by Crippen LogP contribution is 2.27. The van der Waals surface area contributed by atoms with Gasteiger partial charge in [0.1, 0.15) is 0 Å². The van der Waals surface area contributed by atoms with Crippen molar-refractivity contribution in [2.75, 3.05) is 19.0 Å².